The Hall–Kier alpha value is -2.27. The second-order valence-electron chi connectivity index (χ2n) is 5.55. The third kappa shape index (κ3) is 3.04. The number of rotatable bonds is 4. The lowest BCUT2D eigenvalue weighted by Gasteiger charge is -2.11. The standard InChI is InChI=1S/C18H17ClFN3O/c1-4-15-22-16-13(18(23-15)24-3)8-11(9-14(16)20)7-12-10(2)5-6-21-17(12)19/h5-6,8-9H,4,7H2,1-3H3. The zero-order valence-electron chi connectivity index (χ0n) is 13.7. The van der Waals surface area contributed by atoms with Crippen molar-refractivity contribution < 1.29 is 9.13 Å². The first-order valence-corrected chi connectivity index (χ1v) is 8.04. The molecule has 0 aliphatic rings. The van der Waals surface area contributed by atoms with Crippen molar-refractivity contribution in [3.8, 4) is 5.88 Å². The van der Waals surface area contributed by atoms with E-state index in [1.807, 2.05) is 26.0 Å². The maximum atomic E-state index is 14.6. The molecular formula is C18H17ClFN3O. The van der Waals surface area contributed by atoms with E-state index in [1.54, 1.807) is 6.20 Å². The summed E-state index contributed by atoms with van der Waals surface area (Å²) < 4.78 is 19.9. The summed E-state index contributed by atoms with van der Waals surface area (Å²) in [6.07, 6.45) is 2.74. The number of aryl methyl sites for hydroxylation is 2. The molecule has 0 amide bonds. The molecule has 0 saturated carbocycles. The summed E-state index contributed by atoms with van der Waals surface area (Å²) in [5.41, 5.74) is 2.93. The van der Waals surface area contributed by atoms with E-state index in [0.29, 0.717) is 35.1 Å². The maximum absolute atomic E-state index is 14.6. The van der Waals surface area contributed by atoms with E-state index in [-0.39, 0.29) is 5.52 Å². The molecule has 124 valence electrons. The first-order valence-electron chi connectivity index (χ1n) is 7.66. The minimum atomic E-state index is -0.393. The van der Waals surface area contributed by atoms with Crippen molar-refractivity contribution in [1.82, 2.24) is 15.0 Å². The highest BCUT2D eigenvalue weighted by atomic mass is 35.5. The molecule has 2 aromatic heterocycles. The van der Waals surface area contributed by atoms with Crippen LogP contribution in [0.3, 0.4) is 0 Å². The smallest absolute Gasteiger partial charge is 0.224 e. The Bertz CT molecular complexity index is 894. The zero-order chi connectivity index (χ0) is 17.3. The highest BCUT2D eigenvalue weighted by molar-refractivity contribution is 6.30. The molecule has 3 aromatic rings. The third-order valence-electron chi connectivity index (χ3n) is 3.95. The number of nitrogens with zero attached hydrogens (tertiary/aromatic N) is 3. The fraction of sp³-hybridized carbons (Fsp3) is 0.278. The van der Waals surface area contributed by atoms with Gasteiger partial charge in [-0.1, -0.05) is 18.5 Å². The number of fused-ring (bicyclic) bond motifs is 1. The van der Waals surface area contributed by atoms with Gasteiger partial charge >= 0.3 is 0 Å². The largest absolute Gasteiger partial charge is 0.480 e. The van der Waals surface area contributed by atoms with Gasteiger partial charge in [0.1, 0.15) is 22.3 Å². The summed E-state index contributed by atoms with van der Waals surface area (Å²) in [4.78, 5) is 12.7. The Labute approximate surface area is 144 Å². The summed E-state index contributed by atoms with van der Waals surface area (Å²) in [6, 6.07) is 5.21. The Morgan fingerprint density at radius 3 is 2.71 bits per heavy atom. The van der Waals surface area contributed by atoms with Crippen LogP contribution in [0.2, 0.25) is 5.15 Å². The van der Waals surface area contributed by atoms with Gasteiger partial charge in [-0.15, -0.1) is 0 Å². The molecule has 4 nitrogen and oxygen atoms in total. The summed E-state index contributed by atoms with van der Waals surface area (Å²) in [5, 5.41) is 0.988. The van der Waals surface area contributed by atoms with E-state index < -0.39 is 5.82 Å². The van der Waals surface area contributed by atoms with Gasteiger partial charge in [0, 0.05) is 19.0 Å². The first-order chi connectivity index (χ1) is 11.5. The quantitative estimate of drug-likeness (QED) is 0.662. The zero-order valence-corrected chi connectivity index (χ0v) is 14.5. The van der Waals surface area contributed by atoms with Gasteiger partial charge in [-0.3, -0.25) is 0 Å². The second-order valence-corrected chi connectivity index (χ2v) is 5.91. The molecule has 0 radical (unpaired) electrons. The number of benzene rings is 1. The SMILES string of the molecule is CCc1nc(OC)c2cc(Cc3c(C)ccnc3Cl)cc(F)c2n1. The van der Waals surface area contributed by atoms with Crippen molar-refractivity contribution in [2.24, 2.45) is 0 Å². The molecule has 3 rings (SSSR count). The van der Waals surface area contributed by atoms with E-state index in [2.05, 4.69) is 15.0 Å². The van der Waals surface area contributed by atoms with E-state index in [9.17, 15) is 4.39 Å². The molecule has 1 aromatic carbocycles. The van der Waals surface area contributed by atoms with Crippen molar-refractivity contribution in [1.29, 1.82) is 0 Å². The molecular weight excluding hydrogens is 329 g/mol. The molecule has 0 aliphatic carbocycles. The molecule has 0 spiro atoms. The molecule has 0 atom stereocenters. The van der Waals surface area contributed by atoms with Gasteiger partial charge in [0.25, 0.3) is 0 Å². The van der Waals surface area contributed by atoms with Crippen molar-refractivity contribution in [2.45, 2.75) is 26.7 Å². The van der Waals surface area contributed by atoms with Crippen LogP contribution in [0, 0.1) is 12.7 Å². The van der Waals surface area contributed by atoms with Crippen LogP contribution in [0.25, 0.3) is 10.9 Å². The number of hydrogen-bond acceptors (Lipinski definition) is 4. The number of hydrogen-bond donors (Lipinski definition) is 0. The molecule has 0 aliphatic heterocycles. The van der Waals surface area contributed by atoms with Crippen LogP contribution in [-0.2, 0) is 12.8 Å². The van der Waals surface area contributed by atoms with E-state index in [1.165, 1.54) is 13.2 Å². The summed E-state index contributed by atoms with van der Waals surface area (Å²) in [6.45, 7) is 3.87. The minimum Gasteiger partial charge on any atom is -0.480 e. The Balaban J connectivity index is 2.14. The molecule has 0 unspecified atom stereocenters. The Morgan fingerprint density at radius 2 is 2.04 bits per heavy atom. The number of aromatic nitrogens is 3. The first kappa shape index (κ1) is 16.6. The number of halogens is 2. The maximum Gasteiger partial charge on any atom is 0.224 e. The fourth-order valence-corrected chi connectivity index (χ4v) is 2.92. The van der Waals surface area contributed by atoms with Crippen LogP contribution in [0.4, 0.5) is 4.39 Å². The predicted octanol–water partition coefficient (Wildman–Crippen LogP) is 4.29. The van der Waals surface area contributed by atoms with Gasteiger partial charge in [-0.25, -0.2) is 14.4 Å². The van der Waals surface area contributed by atoms with Gasteiger partial charge in [0.05, 0.1) is 12.5 Å². The van der Waals surface area contributed by atoms with Crippen molar-refractivity contribution >= 4 is 22.5 Å². The normalized spacial score (nSPS) is 11.0. The summed E-state index contributed by atoms with van der Waals surface area (Å²) in [7, 11) is 1.52. The highest BCUT2D eigenvalue weighted by Crippen LogP contribution is 2.28. The molecule has 24 heavy (non-hydrogen) atoms. The van der Waals surface area contributed by atoms with Crippen LogP contribution < -0.4 is 4.74 Å². The lowest BCUT2D eigenvalue weighted by atomic mass is 10.0. The van der Waals surface area contributed by atoms with Crippen LogP contribution in [0.1, 0.15) is 29.4 Å². The molecule has 0 saturated heterocycles. The molecule has 0 fully saturated rings. The monoisotopic (exact) mass is 345 g/mol. The van der Waals surface area contributed by atoms with Crippen molar-refractivity contribution in [3.63, 3.8) is 0 Å². The van der Waals surface area contributed by atoms with Crippen molar-refractivity contribution in [3.05, 3.63) is 57.9 Å². The van der Waals surface area contributed by atoms with Gasteiger partial charge in [-0.05, 0) is 41.8 Å². The molecule has 0 bridgehead atoms. The average Bonchev–Trinajstić information content (AvgIpc) is 2.57. The molecule has 0 N–H and O–H groups in total. The lowest BCUT2D eigenvalue weighted by molar-refractivity contribution is 0.400. The highest BCUT2D eigenvalue weighted by Gasteiger charge is 2.15. The van der Waals surface area contributed by atoms with Crippen LogP contribution in [0.15, 0.2) is 24.4 Å². The number of pyridine rings is 1. The summed E-state index contributed by atoms with van der Waals surface area (Å²) in [5.74, 6) is 0.541. The molecule has 6 heteroatoms. The fourth-order valence-electron chi connectivity index (χ4n) is 2.65. The van der Waals surface area contributed by atoms with Crippen molar-refractivity contribution in [2.75, 3.05) is 7.11 Å². The lowest BCUT2D eigenvalue weighted by Crippen LogP contribution is -2.02. The Kier molecular flexibility index (Phi) is 4.62. The minimum absolute atomic E-state index is 0.274. The van der Waals surface area contributed by atoms with Gasteiger partial charge < -0.3 is 4.74 Å². The topological polar surface area (TPSA) is 47.9 Å². The van der Waals surface area contributed by atoms with Gasteiger partial charge in [0.2, 0.25) is 5.88 Å². The van der Waals surface area contributed by atoms with E-state index >= 15 is 0 Å². The van der Waals surface area contributed by atoms with E-state index in [0.717, 1.165) is 16.7 Å². The van der Waals surface area contributed by atoms with Gasteiger partial charge in [-0.2, -0.15) is 4.98 Å². The van der Waals surface area contributed by atoms with Crippen LogP contribution in [-0.4, -0.2) is 22.1 Å². The predicted molar refractivity (Wildman–Crippen MR) is 92.2 cm³/mol. The summed E-state index contributed by atoms with van der Waals surface area (Å²) >= 11 is 6.18. The van der Waals surface area contributed by atoms with Crippen LogP contribution >= 0.6 is 11.6 Å². The average molecular weight is 346 g/mol. The van der Waals surface area contributed by atoms with E-state index in [4.69, 9.17) is 16.3 Å². The number of ether oxygens (including phenoxy) is 1. The third-order valence-corrected chi connectivity index (χ3v) is 4.28. The second kappa shape index (κ2) is 6.69. The van der Waals surface area contributed by atoms with Gasteiger partial charge in [0.15, 0.2) is 0 Å². The Morgan fingerprint density at radius 1 is 1.25 bits per heavy atom. The number of methoxy groups -OCH3 is 1. The molecule has 2 heterocycles. The van der Waals surface area contributed by atoms with Crippen LogP contribution in [0.5, 0.6) is 5.88 Å².